The predicted molar refractivity (Wildman–Crippen MR) is 80.6 cm³/mol. The summed E-state index contributed by atoms with van der Waals surface area (Å²) in [5.74, 6) is 0.903. The van der Waals surface area contributed by atoms with E-state index in [0.29, 0.717) is 28.3 Å². The van der Waals surface area contributed by atoms with Gasteiger partial charge in [0.1, 0.15) is 11.5 Å². The molecule has 1 aromatic carbocycles. The Morgan fingerprint density at radius 1 is 1.14 bits per heavy atom. The van der Waals surface area contributed by atoms with Crippen molar-refractivity contribution in [3.8, 4) is 0 Å². The third kappa shape index (κ3) is 3.31. The maximum atomic E-state index is 12.2. The van der Waals surface area contributed by atoms with Crippen molar-refractivity contribution in [2.24, 2.45) is 0 Å². The number of benzene rings is 1. The summed E-state index contributed by atoms with van der Waals surface area (Å²) in [5.41, 5.74) is 1.60. The first-order valence-corrected chi connectivity index (χ1v) is 6.58. The van der Waals surface area contributed by atoms with Crippen LogP contribution in [0.25, 0.3) is 0 Å². The summed E-state index contributed by atoms with van der Waals surface area (Å²) in [4.78, 5) is 25.6. The zero-order valence-electron chi connectivity index (χ0n) is 12.6. The maximum absolute atomic E-state index is 12.2. The molecule has 21 heavy (non-hydrogen) atoms. The highest BCUT2D eigenvalue weighted by atomic mass is 16.3. The van der Waals surface area contributed by atoms with E-state index in [0.717, 1.165) is 0 Å². The fourth-order valence-corrected chi connectivity index (χ4v) is 2.04. The lowest BCUT2D eigenvalue weighted by Crippen LogP contribution is -2.22. The molecule has 0 saturated carbocycles. The van der Waals surface area contributed by atoms with Crippen LogP contribution in [0.5, 0.6) is 0 Å². The van der Waals surface area contributed by atoms with Gasteiger partial charge in [0.15, 0.2) is 0 Å². The van der Waals surface area contributed by atoms with Crippen LogP contribution in [0.3, 0.4) is 0 Å². The fourth-order valence-electron chi connectivity index (χ4n) is 2.04. The molecule has 0 saturated heterocycles. The van der Waals surface area contributed by atoms with Crippen molar-refractivity contribution in [3.05, 3.63) is 53.0 Å². The Morgan fingerprint density at radius 2 is 1.86 bits per heavy atom. The van der Waals surface area contributed by atoms with E-state index in [-0.39, 0.29) is 11.8 Å². The largest absolute Gasteiger partial charge is 0.466 e. The lowest BCUT2D eigenvalue weighted by atomic mass is 10.1. The topological polar surface area (TPSA) is 62.6 Å². The van der Waals surface area contributed by atoms with Gasteiger partial charge in [0.05, 0.1) is 5.56 Å². The Kier molecular flexibility index (Phi) is 4.12. The molecule has 2 aromatic rings. The Labute approximate surface area is 123 Å². The van der Waals surface area contributed by atoms with Gasteiger partial charge in [-0.2, -0.15) is 0 Å². The molecule has 2 amide bonds. The van der Waals surface area contributed by atoms with Gasteiger partial charge in [-0.1, -0.05) is 6.07 Å². The van der Waals surface area contributed by atoms with Gasteiger partial charge in [0.25, 0.3) is 11.8 Å². The molecule has 0 atom stereocenters. The van der Waals surface area contributed by atoms with E-state index in [1.165, 1.54) is 4.90 Å². The van der Waals surface area contributed by atoms with Gasteiger partial charge in [-0.05, 0) is 38.1 Å². The second kappa shape index (κ2) is 5.83. The maximum Gasteiger partial charge on any atom is 0.259 e. The number of nitrogens with one attached hydrogen (secondary N) is 1. The van der Waals surface area contributed by atoms with Gasteiger partial charge in [-0.25, -0.2) is 0 Å². The number of hydrogen-bond acceptors (Lipinski definition) is 3. The number of rotatable bonds is 3. The summed E-state index contributed by atoms with van der Waals surface area (Å²) in [7, 11) is 3.37. The molecule has 5 nitrogen and oxygen atoms in total. The van der Waals surface area contributed by atoms with Crippen molar-refractivity contribution in [1.82, 2.24) is 4.90 Å². The number of aryl methyl sites for hydroxylation is 2. The molecule has 0 fully saturated rings. The van der Waals surface area contributed by atoms with Crippen LogP contribution in [0.4, 0.5) is 5.69 Å². The number of carbonyl (C=O) groups excluding carboxylic acids is 2. The Balaban J connectivity index is 2.20. The lowest BCUT2D eigenvalue weighted by Gasteiger charge is -2.11. The highest BCUT2D eigenvalue weighted by Gasteiger charge is 2.14. The van der Waals surface area contributed by atoms with E-state index in [9.17, 15) is 9.59 Å². The Morgan fingerprint density at radius 3 is 2.43 bits per heavy atom. The molecule has 0 radical (unpaired) electrons. The molecular weight excluding hydrogens is 268 g/mol. The summed E-state index contributed by atoms with van der Waals surface area (Å²) in [6, 6.07) is 8.54. The molecule has 0 aliphatic carbocycles. The van der Waals surface area contributed by atoms with E-state index in [1.807, 2.05) is 0 Å². The fraction of sp³-hybridized carbons (Fsp3) is 0.250. The number of hydrogen-bond donors (Lipinski definition) is 1. The second-order valence-corrected chi connectivity index (χ2v) is 5.06. The molecule has 110 valence electrons. The van der Waals surface area contributed by atoms with Gasteiger partial charge in [0, 0.05) is 25.3 Å². The zero-order valence-corrected chi connectivity index (χ0v) is 12.6. The minimum Gasteiger partial charge on any atom is -0.466 e. The van der Waals surface area contributed by atoms with Crippen molar-refractivity contribution >= 4 is 17.5 Å². The van der Waals surface area contributed by atoms with Crippen LogP contribution in [0.15, 0.2) is 34.7 Å². The first kappa shape index (κ1) is 14.8. The van der Waals surface area contributed by atoms with Crippen LogP contribution in [0.1, 0.15) is 32.2 Å². The Hall–Kier alpha value is -2.56. The molecule has 0 aliphatic rings. The van der Waals surface area contributed by atoms with Crippen molar-refractivity contribution in [3.63, 3.8) is 0 Å². The van der Waals surface area contributed by atoms with Crippen molar-refractivity contribution in [2.45, 2.75) is 13.8 Å². The minimum atomic E-state index is -0.251. The van der Waals surface area contributed by atoms with Gasteiger partial charge < -0.3 is 14.6 Å². The second-order valence-electron chi connectivity index (χ2n) is 5.06. The zero-order chi connectivity index (χ0) is 15.6. The summed E-state index contributed by atoms with van der Waals surface area (Å²) < 4.78 is 5.35. The summed E-state index contributed by atoms with van der Waals surface area (Å²) in [5, 5.41) is 2.78. The van der Waals surface area contributed by atoms with E-state index in [1.54, 1.807) is 58.3 Å². The SMILES string of the molecule is Cc1cc(C(=O)Nc2cccc(C(=O)N(C)C)c2)c(C)o1. The quantitative estimate of drug-likeness (QED) is 0.943. The number of furan rings is 1. The van der Waals surface area contributed by atoms with Crippen LogP contribution in [-0.4, -0.2) is 30.8 Å². The third-order valence-electron chi connectivity index (χ3n) is 3.06. The smallest absolute Gasteiger partial charge is 0.259 e. The predicted octanol–water partition coefficient (Wildman–Crippen LogP) is 2.85. The average molecular weight is 286 g/mol. The van der Waals surface area contributed by atoms with Crippen LogP contribution < -0.4 is 5.32 Å². The van der Waals surface area contributed by atoms with Crippen molar-refractivity contribution in [1.29, 1.82) is 0 Å². The molecule has 1 heterocycles. The molecule has 1 N–H and O–H groups in total. The summed E-state index contributed by atoms with van der Waals surface area (Å²) >= 11 is 0. The van der Waals surface area contributed by atoms with Crippen molar-refractivity contribution < 1.29 is 14.0 Å². The number of carbonyl (C=O) groups is 2. The van der Waals surface area contributed by atoms with E-state index >= 15 is 0 Å². The average Bonchev–Trinajstić information content (AvgIpc) is 2.77. The summed E-state index contributed by atoms with van der Waals surface area (Å²) in [6.07, 6.45) is 0. The molecule has 2 rings (SSSR count). The van der Waals surface area contributed by atoms with Crippen molar-refractivity contribution in [2.75, 3.05) is 19.4 Å². The lowest BCUT2D eigenvalue weighted by molar-refractivity contribution is 0.0827. The number of nitrogens with zero attached hydrogens (tertiary/aromatic N) is 1. The normalized spacial score (nSPS) is 10.3. The summed E-state index contributed by atoms with van der Waals surface area (Å²) in [6.45, 7) is 3.54. The standard InChI is InChI=1S/C16H18N2O3/c1-10-8-14(11(2)21-10)15(19)17-13-7-5-6-12(9-13)16(20)18(3)4/h5-9H,1-4H3,(H,17,19). The highest BCUT2D eigenvalue weighted by Crippen LogP contribution is 2.17. The number of anilines is 1. The molecule has 5 heteroatoms. The van der Waals surface area contributed by atoms with Gasteiger partial charge >= 0.3 is 0 Å². The first-order chi connectivity index (χ1) is 9.88. The monoisotopic (exact) mass is 286 g/mol. The molecule has 1 aromatic heterocycles. The van der Waals surface area contributed by atoms with Gasteiger partial charge in [0.2, 0.25) is 0 Å². The first-order valence-electron chi connectivity index (χ1n) is 6.58. The Bertz CT molecular complexity index is 687. The van der Waals surface area contributed by atoms with Gasteiger partial charge in [-0.3, -0.25) is 9.59 Å². The molecule has 0 aliphatic heterocycles. The van der Waals surface area contributed by atoms with Crippen LogP contribution in [0, 0.1) is 13.8 Å². The van der Waals surface area contributed by atoms with Crippen LogP contribution in [-0.2, 0) is 0 Å². The van der Waals surface area contributed by atoms with E-state index in [2.05, 4.69) is 5.32 Å². The molecule has 0 spiro atoms. The van der Waals surface area contributed by atoms with E-state index < -0.39 is 0 Å². The van der Waals surface area contributed by atoms with Crippen LogP contribution >= 0.6 is 0 Å². The van der Waals surface area contributed by atoms with Crippen LogP contribution in [0.2, 0.25) is 0 Å². The third-order valence-corrected chi connectivity index (χ3v) is 3.06. The molecule has 0 bridgehead atoms. The number of amides is 2. The molecule has 0 unspecified atom stereocenters. The van der Waals surface area contributed by atoms with E-state index in [4.69, 9.17) is 4.42 Å². The molecular formula is C16H18N2O3. The minimum absolute atomic E-state index is 0.110. The van der Waals surface area contributed by atoms with Gasteiger partial charge in [-0.15, -0.1) is 0 Å². The highest BCUT2D eigenvalue weighted by molar-refractivity contribution is 6.05.